The molecule has 1 aromatic rings. The molecular formula is C27H46N2O. The molecule has 3 nitrogen and oxygen atoms in total. The first-order valence-electron chi connectivity index (χ1n) is 12.7. The Kier molecular flexibility index (Phi) is 8.65. The van der Waals surface area contributed by atoms with Gasteiger partial charge in [0.2, 0.25) is 0 Å². The van der Waals surface area contributed by atoms with E-state index >= 15 is 0 Å². The van der Waals surface area contributed by atoms with Gasteiger partial charge in [-0.25, -0.2) is 0 Å². The Balaban J connectivity index is 1.62. The van der Waals surface area contributed by atoms with Crippen molar-refractivity contribution >= 4 is 5.69 Å². The average Bonchev–Trinajstić information content (AvgIpc) is 2.90. The highest BCUT2D eigenvalue weighted by Gasteiger charge is 2.37. The second-order valence-electron chi connectivity index (χ2n) is 10.5. The fourth-order valence-electron chi connectivity index (χ4n) is 5.67. The second-order valence-corrected chi connectivity index (χ2v) is 10.5. The number of rotatable bonds is 6. The molecule has 0 aliphatic heterocycles. The molecule has 0 spiro atoms. The van der Waals surface area contributed by atoms with Crippen molar-refractivity contribution in [3.05, 3.63) is 29.8 Å². The summed E-state index contributed by atoms with van der Waals surface area (Å²) in [5.74, 6) is 0.661. The molecule has 0 saturated heterocycles. The molecule has 0 aromatic heterocycles. The molecule has 3 N–H and O–H groups in total. The van der Waals surface area contributed by atoms with Crippen molar-refractivity contribution in [3.8, 4) is 0 Å². The molecule has 0 heterocycles. The summed E-state index contributed by atoms with van der Waals surface area (Å²) in [4.78, 5) is 0. The van der Waals surface area contributed by atoms with E-state index in [0.29, 0.717) is 29.5 Å². The van der Waals surface area contributed by atoms with Crippen LogP contribution in [0.5, 0.6) is 0 Å². The Bertz CT molecular complexity index is 630. The van der Waals surface area contributed by atoms with E-state index in [9.17, 15) is 5.11 Å². The van der Waals surface area contributed by atoms with Gasteiger partial charge in [-0.05, 0) is 93.2 Å². The molecule has 0 amide bonds. The number of benzene rings is 1. The van der Waals surface area contributed by atoms with Crippen molar-refractivity contribution in [2.75, 3.05) is 5.32 Å². The Morgan fingerprint density at radius 3 is 2.43 bits per heavy atom. The summed E-state index contributed by atoms with van der Waals surface area (Å²) < 4.78 is 0. The minimum Gasteiger partial charge on any atom is -0.393 e. The summed E-state index contributed by atoms with van der Waals surface area (Å²) in [5, 5.41) is 18.3. The largest absolute Gasteiger partial charge is 0.393 e. The first-order valence-corrected chi connectivity index (χ1v) is 12.7. The highest BCUT2D eigenvalue weighted by Crippen LogP contribution is 2.39. The SMILES string of the molecule is CCc1ccc(NC2CCCC(NC3CC(O)CCCC3C)C(C)(CC)CC2)cc1. The fourth-order valence-corrected chi connectivity index (χ4v) is 5.67. The number of aryl methyl sites for hydroxylation is 1. The van der Waals surface area contributed by atoms with E-state index in [-0.39, 0.29) is 6.10 Å². The van der Waals surface area contributed by atoms with Gasteiger partial charge in [-0.15, -0.1) is 0 Å². The first-order chi connectivity index (χ1) is 14.4. The molecule has 30 heavy (non-hydrogen) atoms. The molecule has 2 aliphatic carbocycles. The van der Waals surface area contributed by atoms with Crippen LogP contribution in [0.25, 0.3) is 0 Å². The van der Waals surface area contributed by atoms with Crippen LogP contribution in [-0.2, 0) is 6.42 Å². The van der Waals surface area contributed by atoms with E-state index in [0.717, 1.165) is 19.3 Å². The number of anilines is 1. The maximum absolute atomic E-state index is 10.4. The minimum atomic E-state index is -0.124. The first kappa shape index (κ1) is 23.6. The maximum atomic E-state index is 10.4. The zero-order valence-corrected chi connectivity index (χ0v) is 19.9. The van der Waals surface area contributed by atoms with Gasteiger partial charge in [-0.2, -0.15) is 0 Å². The summed E-state index contributed by atoms with van der Waals surface area (Å²) in [5.41, 5.74) is 3.00. The summed E-state index contributed by atoms with van der Waals surface area (Å²) in [6, 6.07) is 10.6. The lowest BCUT2D eigenvalue weighted by Crippen LogP contribution is -2.51. The molecule has 0 radical (unpaired) electrons. The lowest BCUT2D eigenvalue weighted by Gasteiger charge is -2.44. The van der Waals surface area contributed by atoms with E-state index in [2.05, 4.69) is 62.6 Å². The Labute approximate surface area is 185 Å². The predicted molar refractivity (Wildman–Crippen MR) is 129 cm³/mol. The Hall–Kier alpha value is -1.06. The average molecular weight is 415 g/mol. The van der Waals surface area contributed by atoms with Crippen LogP contribution in [0.4, 0.5) is 5.69 Å². The molecule has 3 rings (SSSR count). The molecule has 0 bridgehead atoms. The third-order valence-corrected chi connectivity index (χ3v) is 8.32. The van der Waals surface area contributed by atoms with Crippen LogP contribution in [-0.4, -0.2) is 29.3 Å². The fraction of sp³-hybridized carbons (Fsp3) is 0.778. The summed E-state index contributed by atoms with van der Waals surface area (Å²) in [6.45, 7) is 9.46. The Morgan fingerprint density at radius 2 is 1.73 bits per heavy atom. The molecular weight excluding hydrogens is 368 g/mol. The van der Waals surface area contributed by atoms with Gasteiger partial charge in [-0.3, -0.25) is 0 Å². The van der Waals surface area contributed by atoms with Crippen molar-refractivity contribution in [1.82, 2.24) is 5.32 Å². The molecule has 6 unspecified atom stereocenters. The van der Waals surface area contributed by atoms with Crippen LogP contribution < -0.4 is 10.6 Å². The number of hydrogen-bond acceptors (Lipinski definition) is 3. The van der Waals surface area contributed by atoms with E-state index in [1.807, 2.05) is 0 Å². The zero-order chi connectivity index (χ0) is 21.6. The van der Waals surface area contributed by atoms with Gasteiger partial charge in [0.1, 0.15) is 0 Å². The smallest absolute Gasteiger partial charge is 0.0555 e. The topological polar surface area (TPSA) is 44.3 Å². The normalized spacial score (nSPS) is 35.8. The van der Waals surface area contributed by atoms with Crippen LogP contribution in [0.15, 0.2) is 24.3 Å². The number of aliphatic hydroxyl groups is 1. The quantitative estimate of drug-likeness (QED) is 0.478. The van der Waals surface area contributed by atoms with Crippen LogP contribution in [0.2, 0.25) is 0 Å². The van der Waals surface area contributed by atoms with E-state index in [1.165, 1.54) is 62.6 Å². The summed E-state index contributed by atoms with van der Waals surface area (Å²) >= 11 is 0. The summed E-state index contributed by atoms with van der Waals surface area (Å²) in [6.07, 6.45) is 12.8. The molecule has 2 aliphatic rings. The van der Waals surface area contributed by atoms with Crippen molar-refractivity contribution in [3.63, 3.8) is 0 Å². The van der Waals surface area contributed by atoms with Gasteiger partial charge in [0, 0.05) is 23.8 Å². The predicted octanol–water partition coefficient (Wildman–Crippen LogP) is 6.31. The summed E-state index contributed by atoms with van der Waals surface area (Å²) in [7, 11) is 0. The van der Waals surface area contributed by atoms with Gasteiger partial charge >= 0.3 is 0 Å². The molecule has 1 aromatic carbocycles. The molecule has 6 atom stereocenters. The van der Waals surface area contributed by atoms with Gasteiger partial charge in [0.15, 0.2) is 0 Å². The molecule has 170 valence electrons. The van der Waals surface area contributed by atoms with E-state index in [4.69, 9.17) is 0 Å². The third kappa shape index (κ3) is 6.23. The number of hydrogen-bond donors (Lipinski definition) is 3. The number of aliphatic hydroxyl groups excluding tert-OH is 1. The number of nitrogens with one attached hydrogen (secondary N) is 2. The Morgan fingerprint density at radius 1 is 1.00 bits per heavy atom. The van der Waals surface area contributed by atoms with Crippen LogP contribution in [0, 0.1) is 11.3 Å². The lowest BCUT2D eigenvalue weighted by molar-refractivity contribution is 0.107. The molecule has 3 heteroatoms. The third-order valence-electron chi connectivity index (χ3n) is 8.32. The minimum absolute atomic E-state index is 0.124. The van der Waals surface area contributed by atoms with Crippen LogP contribution in [0.3, 0.4) is 0 Å². The van der Waals surface area contributed by atoms with E-state index in [1.54, 1.807) is 0 Å². The second kappa shape index (κ2) is 11.0. The maximum Gasteiger partial charge on any atom is 0.0555 e. The van der Waals surface area contributed by atoms with Crippen molar-refractivity contribution in [2.45, 2.75) is 123 Å². The van der Waals surface area contributed by atoms with Crippen LogP contribution in [0.1, 0.15) is 97.5 Å². The standard InChI is InChI=1S/C27H46N2O/c1-5-21-13-15-23(16-14-21)28-22-10-8-12-26(27(4,6-2)18-17-22)29-25-19-24(30)11-7-9-20(25)3/h13-16,20,22,24-26,28-30H,5-12,17-19H2,1-4H3. The molecule has 2 fully saturated rings. The van der Waals surface area contributed by atoms with Gasteiger partial charge in [-0.1, -0.05) is 46.2 Å². The van der Waals surface area contributed by atoms with Crippen molar-refractivity contribution in [2.24, 2.45) is 11.3 Å². The highest BCUT2D eigenvalue weighted by atomic mass is 16.3. The van der Waals surface area contributed by atoms with Crippen molar-refractivity contribution < 1.29 is 5.11 Å². The van der Waals surface area contributed by atoms with Crippen molar-refractivity contribution in [1.29, 1.82) is 0 Å². The van der Waals surface area contributed by atoms with Gasteiger partial charge < -0.3 is 15.7 Å². The van der Waals surface area contributed by atoms with Gasteiger partial charge in [0.25, 0.3) is 0 Å². The zero-order valence-electron chi connectivity index (χ0n) is 19.9. The lowest BCUT2D eigenvalue weighted by atomic mass is 9.71. The molecule has 2 saturated carbocycles. The van der Waals surface area contributed by atoms with Gasteiger partial charge in [0.05, 0.1) is 6.10 Å². The van der Waals surface area contributed by atoms with E-state index < -0.39 is 0 Å². The van der Waals surface area contributed by atoms with Crippen LogP contribution >= 0.6 is 0 Å². The highest BCUT2D eigenvalue weighted by molar-refractivity contribution is 5.45. The monoisotopic (exact) mass is 414 g/mol.